The lowest BCUT2D eigenvalue weighted by Gasteiger charge is -2.07. The summed E-state index contributed by atoms with van der Waals surface area (Å²) in [5.74, 6) is 0. The highest BCUT2D eigenvalue weighted by Gasteiger charge is 2.00. The van der Waals surface area contributed by atoms with Gasteiger partial charge in [-0.15, -0.1) is 0 Å². The standard InChI is InChI=1S/C14H13N3.C2H6.H2/c1-3-11-9-13(10-16-14(11)4-2)17-12-5-7-15-8-6-12;1-2;/h3-10H,1-2H2,(H,15,17);1-2H3;1H. The number of aromatic nitrogens is 2. The molecule has 2 rings (SSSR count). The van der Waals surface area contributed by atoms with E-state index in [4.69, 9.17) is 0 Å². The fraction of sp³-hybridized carbons (Fsp3) is 0.125. The van der Waals surface area contributed by atoms with E-state index in [9.17, 15) is 0 Å². The maximum absolute atomic E-state index is 4.30. The second-order valence-corrected chi connectivity index (χ2v) is 3.47. The van der Waals surface area contributed by atoms with Crippen molar-refractivity contribution in [1.82, 2.24) is 9.97 Å². The van der Waals surface area contributed by atoms with Gasteiger partial charge in [0.05, 0.1) is 17.6 Å². The van der Waals surface area contributed by atoms with Crippen LogP contribution in [0.1, 0.15) is 26.5 Å². The molecule has 0 radical (unpaired) electrons. The highest BCUT2D eigenvalue weighted by Crippen LogP contribution is 2.19. The monoisotopic (exact) mass is 255 g/mol. The Bertz CT molecular complexity index is 539. The van der Waals surface area contributed by atoms with Crippen LogP contribution in [0, 0.1) is 0 Å². The molecule has 0 aliphatic heterocycles. The van der Waals surface area contributed by atoms with Gasteiger partial charge >= 0.3 is 0 Å². The summed E-state index contributed by atoms with van der Waals surface area (Å²) in [6.45, 7) is 11.5. The summed E-state index contributed by atoms with van der Waals surface area (Å²) >= 11 is 0. The van der Waals surface area contributed by atoms with Crippen molar-refractivity contribution in [3.8, 4) is 0 Å². The van der Waals surface area contributed by atoms with Gasteiger partial charge in [-0.25, -0.2) is 0 Å². The summed E-state index contributed by atoms with van der Waals surface area (Å²) < 4.78 is 0. The Labute approximate surface area is 116 Å². The van der Waals surface area contributed by atoms with Gasteiger partial charge in [-0.1, -0.05) is 33.1 Å². The zero-order valence-corrected chi connectivity index (χ0v) is 11.4. The molecule has 1 N–H and O–H groups in total. The summed E-state index contributed by atoms with van der Waals surface area (Å²) in [7, 11) is 0. The molecule has 0 amide bonds. The number of pyridine rings is 2. The van der Waals surface area contributed by atoms with Crippen LogP contribution in [0.15, 0.2) is 49.9 Å². The molecule has 0 unspecified atom stereocenters. The molecule has 2 aromatic heterocycles. The molecule has 0 saturated heterocycles. The van der Waals surface area contributed by atoms with Gasteiger partial charge in [-0.2, -0.15) is 0 Å². The lowest BCUT2D eigenvalue weighted by atomic mass is 10.1. The zero-order valence-electron chi connectivity index (χ0n) is 11.4. The van der Waals surface area contributed by atoms with Gasteiger partial charge in [-0.05, 0) is 24.3 Å². The summed E-state index contributed by atoms with van der Waals surface area (Å²) in [5.41, 5.74) is 3.68. The number of nitrogens with zero attached hydrogens (tertiary/aromatic N) is 2. The van der Waals surface area contributed by atoms with Crippen molar-refractivity contribution in [2.45, 2.75) is 13.8 Å². The normalized spacial score (nSPS) is 8.95. The molecular formula is C16H21N3. The van der Waals surface area contributed by atoms with Crippen molar-refractivity contribution in [2.24, 2.45) is 0 Å². The number of hydrogen-bond acceptors (Lipinski definition) is 3. The molecule has 0 aliphatic rings. The fourth-order valence-corrected chi connectivity index (χ4v) is 1.50. The average Bonchev–Trinajstić information content (AvgIpc) is 2.50. The minimum Gasteiger partial charge on any atom is -0.354 e. The Morgan fingerprint density at radius 3 is 2.37 bits per heavy atom. The molecule has 2 heterocycles. The summed E-state index contributed by atoms with van der Waals surface area (Å²) in [6.07, 6.45) is 8.73. The Kier molecular flexibility index (Phi) is 6.03. The molecule has 0 aliphatic carbocycles. The van der Waals surface area contributed by atoms with E-state index in [0.717, 1.165) is 22.6 Å². The van der Waals surface area contributed by atoms with E-state index in [1.807, 2.05) is 32.0 Å². The van der Waals surface area contributed by atoms with Crippen molar-refractivity contribution in [2.75, 3.05) is 5.32 Å². The van der Waals surface area contributed by atoms with Gasteiger partial charge in [0.1, 0.15) is 0 Å². The van der Waals surface area contributed by atoms with Crippen molar-refractivity contribution < 1.29 is 1.43 Å². The third-order valence-corrected chi connectivity index (χ3v) is 2.33. The van der Waals surface area contributed by atoms with Crippen molar-refractivity contribution in [3.63, 3.8) is 0 Å². The quantitative estimate of drug-likeness (QED) is 0.854. The van der Waals surface area contributed by atoms with Crippen molar-refractivity contribution in [1.29, 1.82) is 0 Å². The van der Waals surface area contributed by atoms with Gasteiger partial charge in [0.15, 0.2) is 0 Å². The van der Waals surface area contributed by atoms with Crippen molar-refractivity contribution in [3.05, 3.63) is 61.2 Å². The topological polar surface area (TPSA) is 37.8 Å². The smallest absolute Gasteiger partial charge is 0.0697 e. The second kappa shape index (κ2) is 7.82. The van der Waals surface area contributed by atoms with Gasteiger partial charge in [0, 0.05) is 25.1 Å². The Balaban J connectivity index is 0.00000115. The third kappa shape index (κ3) is 4.07. The molecule has 100 valence electrons. The number of rotatable bonds is 4. The molecule has 0 atom stereocenters. The van der Waals surface area contributed by atoms with E-state index in [1.54, 1.807) is 30.7 Å². The first-order valence-electron chi connectivity index (χ1n) is 6.25. The Morgan fingerprint density at radius 1 is 1.11 bits per heavy atom. The molecule has 3 heteroatoms. The first kappa shape index (κ1) is 14.6. The van der Waals surface area contributed by atoms with E-state index in [-0.39, 0.29) is 1.43 Å². The predicted octanol–water partition coefficient (Wildman–Crippen LogP) is 4.78. The van der Waals surface area contributed by atoms with Gasteiger partial charge in [-0.3, -0.25) is 9.97 Å². The van der Waals surface area contributed by atoms with E-state index < -0.39 is 0 Å². The molecule has 0 bridgehead atoms. The molecule has 0 saturated carbocycles. The largest absolute Gasteiger partial charge is 0.354 e. The van der Waals surface area contributed by atoms with Crippen LogP contribution in [-0.4, -0.2) is 9.97 Å². The molecule has 3 nitrogen and oxygen atoms in total. The predicted molar refractivity (Wildman–Crippen MR) is 85.4 cm³/mol. The molecular weight excluding hydrogens is 234 g/mol. The SMILES string of the molecule is C=Cc1cc(Nc2ccncc2)cnc1C=C.CC.[HH]. The van der Waals surface area contributed by atoms with E-state index >= 15 is 0 Å². The van der Waals surface area contributed by atoms with E-state index in [1.165, 1.54) is 0 Å². The van der Waals surface area contributed by atoms with Gasteiger partial charge in [0.25, 0.3) is 0 Å². The molecule has 0 spiro atoms. The highest BCUT2D eigenvalue weighted by molar-refractivity contribution is 5.67. The van der Waals surface area contributed by atoms with Crippen molar-refractivity contribution >= 4 is 23.5 Å². The maximum atomic E-state index is 4.30. The summed E-state index contributed by atoms with van der Waals surface area (Å²) in [5, 5.41) is 3.25. The Morgan fingerprint density at radius 2 is 1.79 bits per heavy atom. The van der Waals surface area contributed by atoms with Crippen LogP contribution in [-0.2, 0) is 0 Å². The van der Waals surface area contributed by atoms with Crippen LogP contribution in [0.2, 0.25) is 0 Å². The first-order chi connectivity index (χ1) is 9.33. The first-order valence-corrected chi connectivity index (χ1v) is 6.25. The Hall–Kier alpha value is -2.42. The lowest BCUT2D eigenvalue weighted by Crippen LogP contribution is -1.94. The number of hydrogen-bond donors (Lipinski definition) is 1. The minimum atomic E-state index is 0. The average molecular weight is 255 g/mol. The summed E-state index contributed by atoms with van der Waals surface area (Å²) in [4.78, 5) is 8.26. The van der Waals surface area contributed by atoms with Crippen LogP contribution in [0.25, 0.3) is 12.2 Å². The lowest BCUT2D eigenvalue weighted by molar-refractivity contribution is 1.27. The van der Waals surface area contributed by atoms with E-state index in [2.05, 4.69) is 28.4 Å². The van der Waals surface area contributed by atoms with Crippen LogP contribution in [0.4, 0.5) is 11.4 Å². The fourth-order valence-electron chi connectivity index (χ4n) is 1.50. The molecule has 19 heavy (non-hydrogen) atoms. The van der Waals surface area contributed by atoms with Crippen LogP contribution in [0.3, 0.4) is 0 Å². The van der Waals surface area contributed by atoms with E-state index in [0.29, 0.717) is 0 Å². The van der Waals surface area contributed by atoms with Crippen LogP contribution >= 0.6 is 0 Å². The third-order valence-electron chi connectivity index (χ3n) is 2.33. The highest BCUT2D eigenvalue weighted by atomic mass is 14.9. The van der Waals surface area contributed by atoms with Crippen LogP contribution < -0.4 is 5.32 Å². The molecule has 2 aromatic rings. The zero-order chi connectivity index (χ0) is 14.1. The van der Waals surface area contributed by atoms with Gasteiger partial charge in [0.2, 0.25) is 0 Å². The maximum Gasteiger partial charge on any atom is 0.0697 e. The minimum absolute atomic E-state index is 0. The molecule has 0 aromatic carbocycles. The van der Waals surface area contributed by atoms with Gasteiger partial charge < -0.3 is 5.32 Å². The number of anilines is 2. The number of nitrogens with one attached hydrogen (secondary N) is 1. The summed E-state index contributed by atoms with van der Waals surface area (Å²) in [6, 6.07) is 5.78. The van der Waals surface area contributed by atoms with Crippen LogP contribution in [0.5, 0.6) is 0 Å². The molecule has 0 fully saturated rings. The second-order valence-electron chi connectivity index (χ2n) is 3.47.